The summed E-state index contributed by atoms with van der Waals surface area (Å²) in [6.45, 7) is 1.52. The summed E-state index contributed by atoms with van der Waals surface area (Å²) < 4.78 is 13.3. The zero-order valence-electron chi connectivity index (χ0n) is 12.9. The maximum absolute atomic E-state index is 13.3. The summed E-state index contributed by atoms with van der Waals surface area (Å²) in [5.74, 6) is -0.453. The maximum Gasteiger partial charge on any atom is 0.253 e. The molecule has 0 unspecified atom stereocenters. The molecule has 2 aromatic carbocycles. The second kappa shape index (κ2) is 7.41. The monoisotopic (exact) mass is 366 g/mol. The summed E-state index contributed by atoms with van der Waals surface area (Å²) >= 11 is 12.0. The lowest BCUT2D eigenvalue weighted by Gasteiger charge is -2.34. The van der Waals surface area contributed by atoms with Crippen LogP contribution in [0.3, 0.4) is 0 Å². The van der Waals surface area contributed by atoms with Crippen LogP contribution in [0.2, 0.25) is 10.0 Å². The van der Waals surface area contributed by atoms with Crippen molar-refractivity contribution in [3.63, 3.8) is 0 Å². The van der Waals surface area contributed by atoms with E-state index in [4.69, 9.17) is 23.2 Å². The normalized spacial score (nSPS) is 15.4. The van der Waals surface area contributed by atoms with Gasteiger partial charge in [0.1, 0.15) is 5.82 Å². The van der Waals surface area contributed by atoms with Gasteiger partial charge in [-0.2, -0.15) is 0 Å². The molecule has 1 fully saturated rings. The van der Waals surface area contributed by atoms with Crippen LogP contribution in [0.5, 0.6) is 0 Å². The number of piperidine rings is 1. The van der Waals surface area contributed by atoms with Gasteiger partial charge in [0.25, 0.3) is 5.91 Å². The molecule has 0 aromatic heterocycles. The molecule has 3 nitrogen and oxygen atoms in total. The Kier molecular flexibility index (Phi) is 5.27. The van der Waals surface area contributed by atoms with Crippen molar-refractivity contribution in [2.45, 2.75) is 18.9 Å². The van der Waals surface area contributed by atoms with E-state index in [2.05, 4.69) is 10.2 Å². The number of nitrogens with one attached hydrogen (secondary N) is 1. The van der Waals surface area contributed by atoms with Crippen molar-refractivity contribution in [1.82, 2.24) is 5.32 Å². The standard InChI is InChI=1S/C18H17Cl2FN2O/c19-16-6-2-5-15(17(16)20)18(24)22-13-7-9-23(10-8-13)14-4-1-3-12(21)11-14/h1-6,11,13H,7-10H2,(H,22,24). The third-order valence-corrected chi connectivity index (χ3v) is 5.02. The van der Waals surface area contributed by atoms with E-state index in [-0.39, 0.29) is 22.8 Å². The Balaban J connectivity index is 1.59. The van der Waals surface area contributed by atoms with Crippen LogP contribution >= 0.6 is 23.2 Å². The Morgan fingerprint density at radius 3 is 2.54 bits per heavy atom. The minimum Gasteiger partial charge on any atom is -0.371 e. The molecule has 24 heavy (non-hydrogen) atoms. The highest BCUT2D eigenvalue weighted by Gasteiger charge is 2.22. The third kappa shape index (κ3) is 3.82. The lowest BCUT2D eigenvalue weighted by atomic mass is 10.0. The van der Waals surface area contributed by atoms with E-state index in [0.717, 1.165) is 31.6 Å². The van der Waals surface area contributed by atoms with Crippen LogP contribution in [0.1, 0.15) is 23.2 Å². The minimum atomic E-state index is -0.237. The van der Waals surface area contributed by atoms with Crippen molar-refractivity contribution in [3.05, 3.63) is 63.9 Å². The van der Waals surface area contributed by atoms with E-state index in [1.54, 1.807) is 24.3 Å². The Morgan fingerprint density at radius 1 is 1.12 bits per heavy atom. The summed E-state index contributed by atoms with van der Waals surface area (Å²) in [7, 11) is 0. The zero-order valence-corrected chi connectivity index (χ0v) is 14.4. The molecule has 1 aliphatic heterocycles. The Hall–Kier alpha value is -1.78. The van der Waals surface area contributed by atoms with Crippen LogP contribution in [-0.2, 0) is 0 Å². The molecule has 1 saturated heterocycles. The number of halogens is 3. The third-order valence-electron chi connectivity index (χ3n) is 4.20. The Bertz CT molecular complexity index is 746. The van der Waals surface area contributed by atoms with Crippen LogP contribution < -0.4 is 10.2 Å². The minimum absolute atomic E-state index is 0.0670. The highest BCUT2D eigenvalue weighted by Crippen LogP contribution is 2.26. The molecule has 1 N–H and O–H groups in total. The summed E-state index contributed by atoms with van der Waals surface area (Å²) in [5, 5.41) is 3.64. The number of hydrogen-bond donors (Lipinski definition) is 1. The Labute approximate surface area is 150 Å². The highest BCUT2D eigenvalue weighted by atomic mass is 35.5. The van der Waals surface area contributed by atoms with Gasteiger partial charge in [0.15, 0.2) is 0 Å². The van der Waals surface area contributed by atoms with Gasteiger partial charge in [0.2, 0.25) is 0 Å². The predicted molar refractivity (Wildman–Crippen MR) is 95.6 cm³/mol. The van der Waals surface area contributed by atoms with Gasteiger partial charge in [-0.05, 0) is 43.2 Å². The van der Waals surface area contributed by atoms with E-state index in [1.165, 1.54) is 12.1 Å². The molecule has 0 spiro atoms. The second-order valence-electron chi connectivity index (χ2n) is 5.82. The summed E-state index contributed by atoms with van der Waals surface area (Å²) in [6.07, 6.45) is 1.58. The van der Waals surface area contributed by atoms with Crippen LogP contribution in [0.15, 0.2) is 42.5 Å². The van der Waals surface area contributed by atoms with Crippen molar-refractivity contribution < 1.29 is 9.18 Å². The van der Waals surface area contributed by atoms with Crippen molar-refractivity contribution in [3.8, 4) is 0 Å². The number of benzene rings is 2. The van der Waals surface area contributed by atoms with E-state index in [1.807, 2.05) is 6.07 Å². The van der Waals surface area contributed by atoms with E-state index in [9.17, 15) is 9.18 Å². The van der Waals surface area contributed by atoms with Gasteiger partial charge in [-0.15, -0.1) is 0 Å². The zero-order chi connectivity index (χ0) is 17.1. The topological polar surface area (TPSA) is 32.3 Å². The number of anilines is 1. The smallest absolute Gasteiger partial charge is 0.253 e. The SMILES string of the molecule is O=C(NC1CCN(c2cccc(F)c2)CC1)c1cccc(Cl)c1Cl. The van der Waals surface area contributed by atoms with Gasteiger partial charge >= 0.3 is 0 Å². The van der Waals surface area contributed by atoms with Gasteiger partial charge in [-0.1, -0.05) is 35.3 Å². The lowest BCUT2D eigenvalue weighted by molar-refractivity contribution is 0.0931. The molecule has 0 atom stereocenters. The number of hydrogen-bond acceptors (Lipinski definition) is 2. The molecule has 0 bridgehead atoms. The maximum atomic E-state index is 13.3. The van der Waals surface area contributed by atoms with Crippen LogP contribution in [0.4, 0.5) is 10.1 Å². The second-order valence-corrected chi connectivity index (χ2v) is 6.60. The summed E-state index contributed by atoms with van der Waals surface area (Å²) in [4.78, 5) is 14.5. The van der Waals surface area contributed by atoms with Crippen molar-refractivity contribution in [1.29, 1.82) is 0 Å². The first-order valence-electron chi connectivity index (χ1n) is 7.80. The fraction of sp³-hybridized carbons (Fsp3) is 0.278. The van der Waals surface area contributed by atoms with Gasteiger partial charge in [-0.3, -0.25) is 4.79 Å². The quantitative estimate of drug-likeness (QED) is 0.865. The molecule has 0 saturated carbocycles. The molecule has 2 aromatic rings. The number of carbonyl (C=O) groups excluding carboxylic acids is 1. The first-order chi connectivity index (χ1) is 11.5. The number of amides is 1. The molecule has 1 heterocycles. The summed E-state index contributed by atoms with van der Waals surface area (Å²) in [5.41, 5.74) is 1.26. The van der Waals surface area contributed by atoms with Gasteiger partial charge in [-0.25, -0.2) is 4.39 Å². The van der Waals surface area contributed by atoms with Gasteiger partial charge in [0, 0.05) is 24.8 Å². The first-order valence-corrected chi connectivity index (χ1v) is 8.55. The number of nitrogens with zero attached hydrogens (tertiary/aromatic N) is 1. The van der Waals surface area contributed by atoms with Crippen LogP contribution in [0.25, 0.3) is 0 Å². The van der Waals surface area contributed by atoms with Crippen molar-refractivity contribution >= 4 is 34.8 Å². The molecular formula is C18H17Cl2FN2O. The molecule has 1 aliphatic rings. The molecular weight excluding hydrogens is 350 g/mol. The summed E-state index contributed by atoms with van der Waals surface area (Å²) in [6, 6.07) is 11.7. The van der Waals surface area contributed by atoms with Crippen LogP contribution in [0, 0.1) is 5.82 Å². The largest absolute Gasteiger partial charge is 0.371 e. The molecule has 3 rings (SSSR count). The van der Waals surface area contributed by atoms with E-state index < -0.39 is 0 Å². The molecule has 1 amide bonds. The van der Waals surface area contributed by atoms with E-state index >= 15 is 0 Å². The fourth-order valence-corrected chi connectivity index (χ4v) is 3.28. The molecule has 0 radical (unpaired) electrons. The number of rotatable bonds is 3. The van der Waals surface area contributed by atoms with E-state index in [0.29, 0.717) is 10.6 Å². The van der Waals surface area contributed by atoms with Crippen LogP contribution in [-0.4, -0.2) is 25.0 Å². The predicted octanol–water partition coefficient (Wildman–Crippen LogP) is 4.53. The highest BCUT2D eigenvalue weighted by molar-refractivity contribution is 6.43. The Morgan fingerprint density at radius 2 is 1.83 bits per heavy atom. The average Bonchev–Trinajstić information content (AvgIpc) is 2.58. The van der Waals surface area contributed by atoms with Crippen molar-refractivity contribution in [2.24, 2.45) is 0 Å². The average molecular weight is 367 g/mol. The first kappa shape index (κ1) is 17.1. The fourth-order valence-electron chi connectivity index (χ4n) is 2.90. The number of carbonyl (C=O) groups is 1. The van der Waals surface area contributed by atoms with Gasteiger partial charge in [0.05, 0.1) is 15.6 Å². The van der Waals surface area contributed by atoms with Crippen molar-refractivity contribution in [2.75, 3.05) is 18.0 Å². The molecule has 6 heteroatoms. The molecule has 0 aliphatic carbocycles. The molecule has 126 valence electrons. The van der Waals surface area contributed by atoms with Gasteiger partial charge < -0.3 is 10.2 Å². The lowest BCUT2D eigenvalue weighted by Crippen LogP contribution is -2.44.